The van der Waals surface area contributed by atoms with Crippen LogP contribution < -0.4 is 5.32 Å². The Morgan fingerprint density at radius 2 is 1.96 bits per heavy atom. The quantitative estimate of drug-likeness (QED) is 0.511. The maximum absolute atomic E-state index is 12.3. The summed E-state index contributed by atoms with van der Waals surface area (Å²) in [5.41, 5.74) is 6.81. The minimum Gasteiger partial charge on any atom is -0.491 e. The molecule has 138 valence electrons. The highest BCUT2D eigenvalue weighted by Crippen LogP contribution is 2.30. The third-order valence-electron chi connectivity index (χ3n) is 5.12. The summed E-state index contributed by atoms with van der Waals surface area (Å²) in [7, 11) is 1.54. The molecule has 4 nitrogen and oxygen atoms in total. The highest BCUT2D eigenvalue weighted by atomic mass is 16.5. The van der Waals surface area contributed by atoms with Gasteiger partial charge in [0.1, 0.15) is 0 Å². The number of fused-ring (bicyclic) bond motifs is 1. The van der Waals surface area contributed by atoms with Crippen LogP contribution in [-0.2, 0) is 9.53 Å². The zero-order valence-electron chi connectivity index (χ0n) is 15.9. The van der Waals surface area contributed by atoms with Gasteiger partial charge in [-0.15, -0.1) is 0 Å². The van der Waals surface area contributed by atoms with Gasteiger partial charge in [0.05, 0.1) is 7.11 Å². The molecule has 1 amide bonds. The Labute approximate surface area is 159 Å². The molecular weight excluding hydrogens is 336 g/mol. The summed E-state index contributed by atoms with van der Waals surface area (Å²) in [5, 5.41) is 4.18. The third-order valence-corrected chi connectivity index (χ3v) is 5.12. The van der Waals surface area contributed by atoms with Crippen molar-refractivity contribution in [3.8, 4) is 11.1 Å². The minimum atomic E-state index is -0.140. The first-order chi connectivity index (χ1) is 13.0. The minimum absolute atomic E-state index is 0.140. The first kappa shape index (κ1) is 17.4. The normalized spacial score (nSPS) is 14.4. The van der Waals surface area contributed by atoms with Crippen LogP contribution in [0.2, 0.25) is 0 Å². The van der Waals surface area contributed by atoms with E-state index in [1.165, 1.54) is 22.1 Å². The Bertz CT molecular complexity index is 1040. The van der Waals surface area contributed by atoms with Gasteiger partial charge in [-0.25, -0.2) is 0 Å². The van der Waals surface area contributed by atoms with E-state index in [1.807, 2.05) is 12.3 Å². The monoisotopic (exact) mass is 360 g/mol. The number of rotatable bonds is 5. The molecule has 3 aromatic rings. The van der Waals surface area contributed by atoms with Gasteiger partial charge in [-0.1, -0.05) is 18.2 Å². The van der Waals surface area contributed by atoms with Crippen LogP contribution in [0.15, 0.2) is 48.4 Å². The standard InChI is InChI=1S/C23H24N2O2/c1-14-11-20(16-4-7-21-17(12-16)8-9-24-21)15(2)10-18(14)13-22(27-3)23(26)25-19-5-6-19/h4,7-13,19,24H,5-6H2,1-3H3,(H,25,26)/b22-13-. The van der Waals surface area contributed by atoms with Gasteiger partial charge in [0.25, 0.3) is 5.91 Å². The van der Waals surface area contributed by atoms with Gasteiger partial charge in [-0.05, 0) is 84.2 Å². The highest BCUT2D eigenvalue weighted by Gasteiger charge is 2.25. The second kappa shape index (κ2) is 6.95. The number of methoxy groups -OCH3 is 1. The molecule has 1 aromatic heterocycles. The Balaban J connectivity index is 1.68. The summed E-state index contributed by atoms with van der Waals surface area (Å²) < 4.78 is 5.34. The fraction of sp³-hybridized carbons (Fsp3) is 0.261. The van der Waals surface area contributed by atoms with Gasteiger partial charge < -0.3 is 15.0 Å². The molecule has 4 rings (SSSR count). The molecule has 0 aliphatic heterocycles. The van der Waals surface area contributed by atoms with Crippen molar-refractivity contribution in [2.75, 3.05) is 7.11 Å². The molecule has 1 aliphatic rings. The van der Waals surface area contributed by atoms with Crippen LogP contribution in [-0.4, -0.2) is 24.0 Å². The molecule has 1 fully saturated rings. The number of amides is 1. The average molecular weight is 360 g/mol. The largest absolute Gasteiger partial charge is 0.491 e. The van der Waals surface area contributed by atoms with Crippen molar-refractivity contribution in [3.05, 3.63) is 65.0 Å². The Hall–Kier alpha value is -3.01. The van der Waals surface area contributed by atoms with E-state index in [4.69, 9.17) is 4.74 Å². The van der Waals surface area contributed by atoms with Crippen LogP contribution in [0.3, 0.4) is 0 Å². The predicted molar refractivity (Wildman–Crippen MR) is 109 cm³/mol. The third kappa shape index (κ3) is 3.61. The molecule has 2 aromatic carbocycles. The van der Waals surface area contributed by atoms with Crippen LogP contribution in [0.25, 0.3) is 28.1 Å². The average Bonchev–Trinajstić information content (AvgIpc) is 3.34. The fourth-order valence-corrected chi connectivity index (χ4v) is 3.37. The second-order valence-corrected chi connectivity index (χ2v) is 7.26. The van der Waals surface area contributed by atoms with Gasteiger partial charge in [0, 0.05) is 17.8 Å². The first-order valence-corrected chi connectivity index (χ1v) is 9.30. The molecule has 0 spiro atoms. The van der Waals surface area contributed by atoms with Crippen LogP contribution in [0.4, 0.5) is 0 Å². The van der Waals surface area contributed by atoms with E-state index in [-0.39, 0.29) is 5.91 Å². The molecular formula is C23H24N2O2. The van der Waals surface area contributed by atoms with Crippen molar-refractivity contribution in [1.29, 1.82) is 0 Å². The number of nitrogens with one attached hydrogen (secondary N) is 2. The molecule has 2 N–H and O–H groups in total. The smallest absolute Gasteiger partial charge is 0.286 e. The second-order valence-electron chi connectivity index (χ2n) is 7.26. The summed E-state index contributed by atoms with van der Waals surface area (Å²) in [4.78, 5) is 15.5. The summed E-state index contributed by atoms with van der Waals surface area (Å²) in [6.07, 6.45) is 5.90. The van der Waals surface area contributed by atoms with E-state index < -0.39 is 0 Å². The number of aromatic amines is 1. The van der Waals surface area contributed by atoms with Crippen molar-refractivity contribution in [1.82, 2.24) is 10.3 Å². The molecule has 1 heterocycles. The number of H-pyrrole nitrogens is 1. The van der Waals surface area contributed by atoms with E-state index in [0.29, 0.717) is 11.8 Å². The molecule has 4 heteroatoms. The zero-order valence-corrected chi connectivity index (χ0v) is 15.9. The van der Waals surface area contributed by atoms with E-state index in [1.54, 1.807) is 7.11 Å². The number of hydrogen-bond acceptors (Lipinski definition) is 2. The van der Waals surface area contributed by atoms with Crippen LogP contribution in [0.5, 0.6) is 0 Å². The Morgan fingerprint density at radius 1 is 1.15 bits per heavy atom. The lowest BCUT2D eigenvalue weighted by molar-refractivity contribution is -0.120. The van der Waals surface area contributed by atoms with E-state index in [9.17, 15) is 4.79 Å². The maximum Gasteiger partial charge on any atom is 0.286 e. The highest BCUT2D eigenvalue weighted by molar-refractivity contribution is 5.96. The zero-order chi connectivity index (χ0) is 19.0. The summed E-state index contributed by atoms with van der Waals surface area (Å²) in [5.74, 6) is 0.213. The molecule has 1 saturated carbocycles. The molecule has 27 heavy (non-hydrogen) atoms. The summed E-state index contributed by atoms with van der Waals surface area (Å²) >= 11 is 0. The van der Waals surface area contributed by atoms with Gasteiger partial charge in [-0.3, -0.25) is 4.79 Å². The number of carbonyl (C=O) groups is 1. The molecule has 0 unspecified atom stereocenters. The molecule has 0 bridgehead atoms. The van der Waals surface area contributed by atoms with Crippen molar-refractivity contribution < 1.29 is 9.53 Å². The van der Waals surface area contributed by atoms with E-state index >= 15 is 0 Å². The predicted octanol–water partition coefficient (Wildman–Crippen LogP) is 4.72. The van der Waals surface area contributed by atoms with Gasteiger partial charge in [0.15, 0.2) is 5.76 Å². The number of aromatic nitrogens is 1. The number of carbonyl (C=O) groups excluding carboxylic acids is 1. The van der Waals surface area contributed by atoms with Crippen molar-refractivity contribution in [3.63, 3.8) is 0 Å². The molecule has 1 aliphatic carbocycles. The van der Waals surface area contributed by atoms with E-state index in [0.717, 1.165) is 29.5 Å². The number of aryl methyl sites for hydroxylation is 2. The Morgan fingerprint density at radius 3 is 2.70 bits per heavy atom. The molecule has 0 saturated heterocycles. The molecule has 0 radical (unpaired) electrons. The lowest BCUT2D eigenvalue weighted by Crippen LogP contribution is -2.27. The Kier molecular flexibility index (Phi) is 4.48. The topological polar surface area (TPSA) is 54.1 Å². The maximum atomic E-state index is 12.3. The SMILES string of the molecule is CO/C(=C\c1cc(C)c(-c2ccc3[nH]ccc3c2)cc1C)C(=O)NC1CC1. The van der Waals surface area contributed by atoms with Gasteiger partial charge >= 0.3 is 0 Å². The van der Waals surface area contributed by atoms with Crippen molar-refractivity contribution in [2.24, 2.45) is 0 Å². The van der Waals surface area contributed by atoms with Gasteiger partial charge in [-0.2, -0.15) is 0 Å². The number of hydrogen-bond donors (Lipinski definition) is 2. The summed E-state index contributed by atoms with van der Waals surface area (Å²) in [6.45, 7) is 4.17. The van der Waals surface area contributed by atoms with Crippen LogP contribution in [0, 0.1) is 13.8 Å². The summed E-state index contributed by atoms with van der Waals surface area (Å²) in [6, 6.07) is 13.1. The van der Waals surface area contributed by atoms with Gasteiger partial charge in [0.2, 0.25) is 0 Å². The number of benzene rings is 2. The molecule has 0 atom stereocenters. The lowest BCUT2D eigenvalue weighted by Gasteiger charge is -2.12. The van der Waals surface area contributed by atoms with Crippen molar-refractivity contribution >= 4 is 22.9 Å². The lowest BCUT2D eigenvalue weighted by atomic mass is 9.94. The number of ether oxygens (including phenoxy) is 1. The first-order valence-electron chi connectivity index (χ1n) is 9.30. The van der Waals surface area contributed by atoms with E-state index in [2.05, 4.69) is 60.5 Å². The van der Waals surface area contributed by atoms with Crippen LogP contribution >= 0.6 is 0 Å². The fourth-order valence-electron chi connectivity index (χ4n) is 3.37. The van der Waals surface area contributed by atoms with Crippen LogP contribution in [0.1, 0.15) is 29.5 Å². The van der Waals surface area contributed by atoms with Crippen molar-refractivity contribution in [2.45, 2.75) is 32.7 Å².